The van der Waals surface area contributed by atoms with Crippen LogP contribution in [0.1, 0.15) is 51.5 Å². The summed E-state index contributed by atoms with van der Waals surface area (Å²) in [6.45, 7) is 4.90. The number of imide groups is 1. The van der Waals surface area contributed by atoms with Crippen LogP contribution >= 0.6 is 0 Å². The van der Waals surface area contributed by atoms with E-state index in [1.807, 2.05) is 56.3 Å². The number of rotatable bonds is 11. The lowest BCUT2D eigenvalue weighted by Crippen LogP contribution is -2.51. The average Bonchev–Trinajstić information content (AvgIpc) is 3.08. The second-order valence-corrected chi connectivity index (χ2v) is 8.77. The van der Waals surface area contributed by atoms with Gasteiger partial charge in [0.15, 0.2) is 0 Å². The zero-order valence-corrected chi connectivity index (χ0v) is 19.7. The van der Waals surface area contributed by atoms with Crippen molar-refractivity contribution in [1.29, 1.82) is 0 Å². The molecule has 1 N–H and O–H groups in total. The molecule has 0 spiro atoms. The van der Waals surface area contributed by atoms with Crippen molar-refractivity contribution in [2.45, 2.75) is 58.4 Å². The van der Waals surface area contributed by atoms with Crippen molar-refractivity contribution in [3.05, 3.63) is 48.0 Å². The molecule has 1 saturated heterocycles. The van der Waals surface area contributed by atoms with E-state index in [1.165, 1.54) is 4.90 Å². The number of carbonyl (C=O) groups is 4. The van der Waals surface area contributed by atoms with Gasteiger partial charge in [-0.3, -0.25) is 24.1 Å². The molecule has 0 unspecified atom stereocenters. The van der Waals surface area contributed by atoms with E-state index in [-0.39, 0.29) is 48.4 Å². The number of nitrogens with zero attached hydrogens (tertiary/aromatic N) is 2. The number of carbonyl (C=O) groups excluding carboxylic acids is 4. The van der Waals surface area contributed by atoms with Gasteiger partial charge in [0.05, 0.1) is 11.8 Å². The summed E-state index contributed by atoms with van der Waals surface area (Å²) in [6.07, 6.45) is 7.03. The summed E-state index contributed by atoms with van der Waals surface area (Å²) in [7, 11) is 0. The Balaban J connectivity index is 1.69. The molecular weight excluding hydrogens is 418 g/mol. The highest BCUT2D eigenvalue weighted by Gasteiger charge is 2.47. The number of nitrogens with one attached hydrogen (secondary N) is 1. The van der Waals surface area contributed by atoms with Gasteiger partial charge in [0.25, 0.3) is 0 Å². The van der Waals surface area contributed by atoms with Crippen LogP contribution in [0.25, 0.3) is 0 Å². The van der Waals surface area contributed by atoms with Gasteiger partial charge < -0.3 is 10.2 Å². The van der Waals surface area contributed by atoms with Crippen molar-refractivity contribution >= 4 is 23.6 Å². The summed E-state index contributed by atoms with van der Waals surface area (Å²) in [5.41, 5.74) is 1.08. The number of likely N-dealkylation sites (tertiary alicyclic amines) is 1. The van der Waals surface area contributed by atoms with Crippen molar-refractivity contribution in [1.82, 2.24) is 15.1 Å². The van der Waals surface area contributed by atoms with Gasteiger partial charge in [-0.2, -0.15) is 0 Å². The highest BCUT2D eigenvalue weighted by atomic mass is 16.2. The molecule has 178 valence electrons. The van der Waals surface area contributed by atoms with Gasteiger partial charge in [-0.1, -0.05) is 56.3 Å². The smallest absolute Gasteiger partial charge is 0.242 e. The molecule has 4 amide bonds. The van der Waals surface area contributed by atoms with Crippen LogP contribution in [0.5, 0.6) is 0 Å². The van der Waals surface area contributed by atoms with Crippen molar-refractivity contribution in [3.63, 3.8) is 0 Å². The Morgan fingerprint density at radius 3 is 2.27 bits per heavy atom. The molecule has 1 fully saturated rings. The van der Waals surface area contributed by atoms with E-state index in [1.54, 1.807) is 4.90 Å². The number of benzene rings is 1. The Bertz CT molecular complexity index is 857. The molecule has 33 heavy (non-hydrogen) atoms. The van der Waals surface area contributed by atoms with E-state index in [0.717, 1.165) is 12.0 Å². The van der Waals surface area contributed by atoms with E-state index in [0.29, 0.717) is 38.8 Å². The third kappa shape index (κ3) is 5.89. The monoisotopic (exact) mass is 453 g/mol. The normalized spacial score (nSPS) is 20.5. The molecule has 0 bridgehead atoms. The minimum atomic E-state index is -0.579. The fraction of sp³-hybridized carbons (Fsp3) is 0.538. The molecule has 3 rings (SSSR count). The molecule has 1 aromatic rings. The quantitative estimate of drug-likeness (QED) is 0.412. The highest BCUT2D eigenvalue weighted by molar-refractivity contribution is 6.05. The second kappa shape index (κ2) is 11.8. The van der Waals surface area contributed by atoms with Crippen LogP contribution in [0.4, 0.5) is 0 Å². The minimum absolute atomic E-state index is 0.0245. The zero-order valence-electron chi connectivity index (χ0n) is 19.7. The Labute approximate surface area is 196 Å². The highest BCUT2D eigenvalue weighted by Crippen LogP contribution is 2.35. The van der Waals surface area contributed by atoms with E-state index in [4.69, 9.17) is 0 Å². The SMILES string of the molecule is CCCNC(=O)[C@H](CC)N(CCc1ccccc1)C(=O)CCN1C(=O)[C@H]2CC=CC[C@H]2C1=O. The van der Waals surface area contributed by atoms with Gasteiger partial charge in [0.2, 0.25) is 23.6 Å². The minimum Gasteiger partial charge on any atom is -0.354 e. The third-order valence-electron chi connectivity index (χ3n) is 6.57. The summed E-state index contributed by atoms with van der Waals surface area (Å²) in [6, 6.07) is 9.26. The Hall–Kier alpha value is -2.96. The number of amides is 4. The molecule has 0 aromatic heterocycles. The predicted molar refractivity (Wildman–Crippen MR) is 126 cm³/mol. The van der Waals surface area contributed by atoms with E-state index in [2.05, 4.69) is 5.32 Å². The maximum atomic E-state index is 13.3. The standard InChI is InChI=1S/C26H35N3O4/c1-3-16-27-24(31)22(4-2)28(17-14-19-10-6-5-7-11-19)23(30)15-18-29-25(32)20-12-8-9-13-21(20)26(29)33/h5-11,20-22H,3-4,12-18H2,1-2H3,(H,27,31)/t20-,21+,22-/m0/s1. The van der Waals surface area contributed by atoms with Gasteiger partial charge in [-0.15, -0.1) is 0 Å². The first-order valence-electron chi connectivity index (χ1n) is 12.1. The fourth-order valence-corrected chi connectivity index (χ4v) is 4.70. The second-order valence-electron chi connectivity index (χ2n) is 8.77. The molecule has 3 atom stereocenters. The van der Waals surface area contributed by atoms with Crippen molar-refractivity contribution in [3.8, 4) is 0 Å². The van der Waals surface area contributed by atoms with Crippen LogP contribution < -0.4 is 5.32 Å². The Morgan fingerprint density at radius 2 is 1.70 bits per heavy atom. The molecule has 1 aromatic carbocycles. The number of allylic oxidation sites excluding steroid dienone is 2. The van der Waals surface area contributed by atoms with Crippen LogP contribution in [0.15, 0.2) is 42.5 Å². The first kappa shape index (κ1) is 24.7. The van der Waals surface area contributed by atoms with Crippen molar-refractivity contribution in [2.24, 2.45) is 11.8 Å². The number of hydrogen-bond acceptors (Lipinski definition) is 4. The van der Waals surface area contributed by atoms with Crippen LogP contribution in [0, 0.1) is 11.8 Å². The molecule has 2 aliphatic rings. The summed E-state index contributed by atoms with van der Waals surface area (Å²) in [5, 5.41) is 2.90. The lowest BCUT2D eigenvalue weighted by molar-refractivity contribution is -0.143. The molecule has 7 heteroatoms. The van der Waals surface area contributed by atoms with Crippen molar-refractivity contribution in [2.75, 3.05) is 19.6 Å². The molecule has 1 aliphatic carbocycles. The molecule has 0 saturated carbocycles. The maximum Gasteiger partial charge on any atom is 0.242 e. The predicted octanol–water partition coefficient (Wildman–Crippen LogP) is 2.70. The van der Waals surface area contributed by atoms with E-state index in [9.17, 15) is 19.2 Å². The third-order valence-corrected chi connectivity index (χ3v) is 6.57. The molecule has 1 heterocycles. The van der Waals surface area contributed by atoms with Gasteiger partial charge in [0.1, 0.15) is 6.04 Å². The lowest BCUT2D eigenvalue weighted by Gasteiger charge is -2.31. The van der Waals surface area contributed by atoms with Crippen LogP contribution in [-0.2, 0) is 25.6 Å². The number of fused-ring (bicyclic) bond motifs is 1. The first-order valence-corrected chi connectivity index (χ1v) is 12.1. The summed E-state index contributed by atoms with van der Waals surface area (Å²) < 4.78 is 0. The molecule has 7 nitrogen and oxygen atoms in total. The largest absolute Gasteiger partial charge is 0.354 e. The number of hydrogen-bond donors (Lipinski definition) is 1. The molecular formula is C26H35N3O4. The van der Waals surface area contributed by atoms with Gasteiger partial charge in [-0.05, 0) is 37.7 Å². The van der Waals surface area contributed by atoms with E-state index < -0.39 is 6.04 Å². The first-order chi connectivity index (χ1) is 16.0. The van der Waals surface area contributed by atoms with Crippen LogP contribution in [0.2, 0.25) is 0 Å². The lowest BCUT2D eigenvalue weighted by atomic mass is 9.85. The fourth-order valence-electron chi connectivity index (χ4n) is 4.70. The summed E-state index contributed by atoms with van der Waals surface area (Å²) >= 11 is 0. The van der Waals surface area contributed by atoms with Crippen LogP contribution in [0.3, 0.4) is 0 Å². The molecule has 0 radical (unpaired) electrons. The average molecular weight is 454 g/mol. The molecule has 1 aliphatic heterocycles. The zero-order chi connectivity index (χ0) is 23.8. The topological polar surface area (TPSA) is 86.8 Å². The maximum absolute atomic E-state index is 13.3. The van der Waals surface area contributed by atoms with E-state index >= 15 is 0 Å². The van der Waals surface area contributed by atoms with Gasteiger partial charge in [-0.25, -0.2) is 0 Å². The summed E-state index contributed by atoms with van der Waals surface area (Å²) in [4.78, 5) is 54.5. The van der Waals surface area contributed by atoms with Gasteiger partial charge >= 0.3 is 0 Å². The summed E-state index contributed by atoms with van der Waals surface area (Å²) in [5.74, 6) is -1.31. The van der Waals surface area contributed by atoms with Gasteiger partial charge in [0, 0.05) is 26.1 Å². The Kier molecular flexibility index (Phi) is 8.80. The Morgan fingerprint density at radius 1 is 1.06 bits per heavy atom. The van der Waals surface area contributed by atoms with Crippen LogP contribution in [-0.4, -0.2) is 59.1 Å². The van der Waals surface area contributed by atoms with Crippen molar-refractivity contribution < 1.29 is 19.2 Å².